The molecule has 0 aliphatic rings. The van der Waals surface area contributed by atoms with Crippen LogP contribution in [0.1, 0.15) is 0 Å². The van der Waals surface area contributed by atoms with Crippen molar-refractivity contribution in [1.29, 1.82) is 0 Å². The van der Waals surface area contributed by atoms with Crippen LogP contribution in [0.25, 0.3) is 0 Å². The molecule has 0 aromatic heterocycles. The molecule has 7 heteroatoms. The zero-order valence-corrected chi connectivity index (χ0v) is 6.88. The van der Waals surface area contributed by atoms with Crippen molar-refractivity contribution in [2.24, 2.45) is 0 Å². The van der Waals surface area contributed by atoms with E-state index in [-0.39, 0.29) is 4.10 Å². The third-order valence-electron chi connectivity index (χ3n) is 0.337. The molecule has 0 saturated carbocycles. The van der Waals surface area contributed by atoms with E-state index >= 15 is 0 Å². The first-order chi connectivity index (χ1) is 4.04. The van der Waals surface area contributed by atoms with Gasteiger partial charge in [0.15, 0.2) is 0 Å². The number of hydrogen-bond acceptors (Lipinski definition) is 3. The summed E-state index contributed by atoms with van der Waals surface area (Å²) in [7, 11) is 0. The Kier molecular flexibility index (Phi) is 4.70. The highest BCUT2D eigenvalue weighted by molar-refractivity contribution is 6.53. The van der Waals surface area contributed by atoms with Gasteiger partial charge in [-0.25, -0.2) is 4.79 Å². The van der Waals surface area contributed by atoms with E-state index in [1.54, 1.807) is 0 Å². The predicted molar refractivity (Wildman–Crippen MR) is 35.1 cm³/mol. The second-order valence-corrected chi connectivity index (χ2v) is 2.80. The molecule has 0 aliphatic heterocycles. The summed E-state index contributed by atoms with van der Waals surface area (Å²) in [6, 6.07) is 0. The first kappa shape index (κ1) is 9.59. The number of nitrogens with zero attached hydrogens (tertiary/aromatic N) is 1. The number of halogens is 4. The second kappa shape index (κ2) is 4.41. The second-order valence-electron chi connectivity index (χ2n) is 0.913. The smallest absolute Gasteiger partial charge is 0.333 e. The van der Waals surface area contributed by atoms with Gasteiger partial charge in [-0.05, 0) is 0 Å². The Morgan fingerprint density at radius 1 is 1.44 bits per heavy atom. The molecule has 0 rings (SSSR count). The lowest BCUT2D eigenvalue weighted by atomic mass is 10.8. The summed E-state index contributed by atoms with van der Waals surface area (Å²) in [6.45, 7) is 0. The fraction of sp³-hybridized carbons (Fsp3) is 0.500. The summed E-state index contributed by atoms with van der Waals surface area (Å²) >= 11 is 19.7. The van der Waals surface area contributed by atoms with E-state index < -0.39 is 10.8 Å². The molecule has 0 spiro atoms. The molecule has 0 aliphatic carbocycles. The highest BCUT2D eigenvalue weighted by atomic mass is 35.5. The molecule has 0 unspecified atom stereocenters. The van der Waals surface area contributed by atoms with Crippen LogP contribution < -0.4 is 0 Å². The van der Waals surface area contributed by atoms with Gasteiger partial charge in [-0.15, -0.1) is 0 Å². The molecule has 54 valence electrons. The van der Waals surface area contributed by atoms with Crippen LogP contribution in [-0.2, 0) is 9.63 Å². The van der Waals surface area contributed by atoms with Gasteiger partial charge in [0.25, 0.3) is 0 Å². The lowest BCUT2D eigenvalue weighted by Crippen LogP contribution is -2.16. The highest BCUT2D eigenvalue weighted by Gasteiger charge is 2.15. The Hall–Kier alpha value is 0.590. The minimum atomic E-state index is -1.27. The fourth-order valence-electron chi connectivity index (χ4n) is 0.108. The van der Waals surface area contributed by atoms with Gasteiger partial charge in [-0.2, -0.15) is 0 Å². The molecule has 0 aromatic rings. The van der Waals surface area contributed by atoms with Gasteiger partial charge in [0.2, 0.25) is 4.84 Å². The molecular formula is C2HCl4NO2. The van der Waals surface area contributed by atoms with E-state index in [0.29, 0.717) is 0 Å². The molecular weight excluding hydrogens is 212 g/mol. The number of alkyl halides is 2. The zero-order chi connectivity index (χ0) is 7.44. The van der Waals surface area contributed by atoms with Gasteiger partial charge in [-0.1, -0.05) is 23.2 Å². The average molecular weight is 213 g/mol. The summed E-state index contributed by atoms with van der Waals surface area (Å²) in [6.07, 6.45) is 0. The number of rotatable bonds is 2. The van der Waals surface area contributed by atoms with Crippen LogP contribution in [0.15, 0.2) is 0 Å². The van der Waals surface area contributed by atoms with Crippen LogP contribution in [0.5, 0.6) is 0 Å². The van der Waals surface area contributed by atoms with Crippen molar-refractivity contribution in [2.75, 3.05) is 0 Å². The summed E-state index contributed by atoms with van der Waals surface area (Å²) in [5.74, 6) is -0.927. The minimum Gasteiger partial charge on any atom is -0.333 e. The Labute approximate surface area is 71.5 Å². The Balaban J connectivity index is 3.51. The molecule has 0 heterocycles. The molecule has 0 aromatic carbocycles. The summed E-state index contributed by atoms with van der Waals surface area (Å²) in [4.78, 5) is 13.0. The van der Waals surface area contributed by atoms with E-state index in [9.17, 15) is 4.79 Å². The van der Waals surface area contributed by atoms with Crippen molar-refractivity contribution in [3.63, 3.8) is 0 Å². The van der Waals surface area contributed by atoms with E-state index in [2.05, 4.69) is 4.84 Å². The molecule has 0 N–H and O–H groups in total. The van der Waals surface area contributed by atoms with Crippen LogP contribution in [0.3, 0.4) is 0 Å². The monoisotopic (exact) mass is 211 g/mol. The van der Waals surface area contributed by atoms with Crippen LogP contribution in [0.2, 0.25) is 0 Å². The van der Waals surface area contributed by atoms with Crippen molar-refractivity contribution in [2.45, 2.75) is 4.84 Å². The Bertz CT molecular complexity index is 105. The molecule has 0 radical (unpaired) electrons. The van der Waals surface area contributed by atoms with Gasteiger partial charge in [-0.3, -0.25) is 0 Å². The SMILES string of the molecule is O=C(ON(Cl)Cl)C(Cl)Cl. The summed E-state index contributed by atoms with van der Waals surface area (Å²) in [5.41, 5.74) is 0. The Morgan fingerprint density at radius 3 is 2.00 bits per heavy atom. The third-order valence-corrected chi connectivity index (χ3v) is 0.832. The molecule has 0 amide bonds. The molecule has 9 heavy (non-hydrogen) atoms. The number of hydrogen-bond donors (Lipinski definition) is 0. The average Bonchev–Trinajstić information content (AvgIpc) is 1.63. The van der Waals surface area contributed by atoms with E-state index in [1.807, 2.05) is 0 Å². The fourth-order valence-corrected chi connectivity index (χ4v) is 0.324. The van der Waals surface area contributed by atoms with Crippen LogP contribution in [-0.4, -0.2) is 14.9 Å². The number of carbonyl (C=O) groups excluding carboxylic acids is 1. The first-order valence-corrected chi connectivity index (χ1v) is 3.20. The van der Waals surface area contributed by atoms with Gasteiger partial charge < -0.3 is 4.84 Å². The molecule has 0 bridgehead atoms. The van der Waals surface area contributed by atoms with Crippen LogP contribution >= 0.6 is 46.8 Å². The summed E-state index contributed by atoms with van der Waals surface area (Å²) < 4.78 is 0.167. The molecule has 0 atom stereocenters. The van der Waals surface area contributed by atoms with Crippen molar-refractivity contribution in [1.82, 2.24) is 4.10 Å². The maximum absolute atomic E-state index is 10.3. The zero-order valence-electron chi connectivity index (χ0n) is 3.85. The third kappa shape index (κ3) is 5.06. The standard InChI is InChI=1S/C2HCl4NO2/c3-1(4)2(8)9-7(5)6/h1H. The van der Waals surface area contributed by atoms with Crippen LogP contribution in [0, 0.1) is 0 Å². The molecule has 0 saturated heterocycles. The predicted octanol–water partition coefficient (Wildman–Crippen LogP) is 1.86. The van der Waals surface area contributed by atoms with Crippen molar-refractivity contribution >= 4 is 52.7 Å². The topological polar surface area (TPSA) is 29.5 Å². The lowest BCUT2D eigenvalue weighted by molar-refractivity contribution is -0.155. The van der Waals surface area contributed by atoms with Crippen molar-refractivity contribution < 1.29 is 9.63 Å². The number of carbonyl (C=O) groups is 1. The maximum atomic E-state index is 10.3. The van der Waals surface area contributed by atoms with Crippen molar-refractivity contribution in [3.05, 3.63) is 0 Å². The quantitative estimate of drug-likeness (QED) is 0.398. The van der Waals surface area contributed by atoms with E-state index in [1.165, 1.54) is 0 Å². The highest BCUT2D eigenvalue weighted by Crippen LogP contribution is 2.08. The summed E-state index contributed by atoms with van der Waals surface area (Å²) in [5, 5.41) is 0. The van der Waals surface area contributed by atoms with Gasteiger partial charge >= 0.3 is 5.97 Å². The molecule has 0 fully saturated rings. The van der Waals surface area contributed by atoms with Gasteiger partial charge in [0, 0.05) is 27.7 Å². The Morgan fingerprint density at radius 2 is 1.89 bits per heavy atom. The van der Waals surface area contributed by atoms with E-state index in [4.69, 9.17) is 46.8 Å². The lowest BCUT2D eigenvalue weighted by Gasteiger charge is -2.03. The normalized spacial score (nSPS) is 10.4. The van der Waals surface area contributed by atoms with Crippen LogP contribution in [0.4, 0.5) is 0 Å². The van der Waals surface area contributed by atoms with Gasteiger partial charge in [0.05, 0.1) is 0 Å². The van der Waals surface area contributed by atoms with Gasteiger partial charge in [0.1, 0.15) is 0 Å². The van der Waals surface area contributed by atoms with Crippen molar-refractivity contribution in [3.8, 4) is 0 Å². The largest absolute Gasteiger partial charge is 0.361 e. The maximum Gasteiger partial charge on any atom is 0.361 e. The first-order valence-electron chi connectivity index (χ1n) is 1.65. The minimum absolute atomic E-state index is 0.167. The van der Waals surface area contributed by atoms with E-state index in [0.717, 1.165) is 0 Å². The molecule has 3 nitrogen and oxygen atoms in total.